The van der Waals surface area contributed by atoms with Gasteiger partial charge < -0.3 is 14.2 Å². The van der Waals surface area contributed by atoms with Gasteiger partial charge in [-0.2, -0.15) is 0 Å². The van der Waals surface area contributed by atoms with Crippen LogP contribution < -0.4 is 18.9 Å². The Morgan fingerprint density at radius 2 is 1.83 bits per heavy atom. The number of ether oxygens (including phenoxy) is 3. The van der Waals surface area contributed by atoms with Crippen molar-refractivity contribution < 1.29 is 27.0 Å². The van der Waals surface area contributed by atoms with Crippen molar-refractivity contribution in [1.29, 1.82) is 0 Å². The maximum atomic E-state index is 13.4. The Hall–Kier alpha value is -3.17. The second kappa shape index (κ2) is 8.89. The number of nitrogens with one attached hydrogen (secondary N) is 1. The van der Waals surface area contributed by atoms with Gasteiger partial charge in [0.05, 0.1) is 14.2 Å². The molecule has 0 aliphatic carbocycles. The minimum atomic E-state index is -3.93. The average molecular weight is 418 g/mol. The summed E-state index contributed by atoms with van der Waals surface area (Å²) in [5, 5.41) is 0. The summed E-state index contributed by atoms with van der Waals surface area (Å²) in [6.07, 6.45) is 1.50. The Morgan fingerprint density at radius 1 is 1.00 bits per heavy atom. The molecule has 0 saturated carbocycles. The molecule has 1 aromatic heterocycles. The standard InChI is InChI=1S/C20H19FN2O5S/c1-26-16-8-9-18(27-2)19(12-16)29(24,25)23-13-14-5-4-10-22-20(14)28-17-7-3-6-15(21)11-17/h3-12,23H,13H2,1-2H3. The molecule has 0 amide bonds. The van der Waals surface area contributed by atoms with Gasteiger partial charge in [-0.1, -0.05) is 12.1 Å². The first-order valence-electron chi connectivity index (χ1n) is 8.52. The van der Waals surface area contributed by atoms with Crippen LogP contribution in [0.5, 0.6) is 23.1 Å². The van der Waals surface area contributed by atoms with Crippen molar-refractivity contribution >= 4 is 10.0 Å². The summed E-state index contributed by atoms with van der Waals surface area (Å²) >= 11 is 0. The van der Waals surface area contributed by atoms with E-state index in [0.717, 1.165) is 0 Å². The van der Waals surface area contributed by atoms with Gasteiger partial charge in [-0.05, 0) is 30.3 Å². The second-order valence-electron chi connectivity index (χ2n) is 5.87. The van der Waals surface area contributed by atoms with Crippen LogP contribution in [0.2, 0.25) is 0 Å². The fourth-order valence-electron chi connectivity index (χ4n) is 2.54. The summed E-state index contributed by atoms with van der Waals surface area (Å²) in [5.74, 6) is 0.523. The maximum absolute atomic E-state index is 13.4. The van der Waals surface area contributed by atoms with Crippen LogP contribution >= 0.6 is 0 Å². The molecule has 9 heteroatoms. The van der Waals surface area contributed by atoms with Crippen LogP contribution in [0.3, 0.4) is 0 Å². The zero-order chi connectivity index (χ0) is 20.9. The number of nitrogens with zero attached hydrogens (tertiary/aromatic N) is 1. The smallest absolute Gasteiger partial charge is 0.244 e. The molecule has 0 unspecified atom stereocenters. The summed E-state index contributed by atoms with van der Waals surface area (Å²) < 4.78 is 57.4. The lowest BCUT2D eigenvalue weighted by Crippen LogP contribution is -2.24. The molecule has 0 aliphatic rings. The summed E-state index contributed by atoms with van der Waals surface area (Å²) in [5.41, 5.74) is 0.474. The number of sulfonamides is 1. The molecule has 0 spiro atoms. The number of rotatable bonds is 8. The molecule has 0 saturated heterocycles. The molecule has 3 rings (SSSR count). The molecule has 3 aromatic rings. The Balaban J connectivity index is 1.83. The van der Waals surface area contributed by atoms with Gasteiger partial charge in [0.15, 0.2) is 0 Å². The number of halogens is 1. The topological polar surface area (TPSA) is 86.8 Å². The molecular weight excluding hydrogens is 399 g/mol. The molecule has 7 nitrogen and oxygen atoms in total. The van der Waals surface area contributed by atoms with Crippen molar-refractivity contribution in [2.24, 2.45) is 0 Å². The Labute approximate surface area is 168 Å². The van der Waals surface area contributed by atoms with Crippen LogP contribution in [0.25, 0.3) is 0 Å². The summed E-state index contributed by atoms with van der Waals surface area (Å²) in [6, 6.07) is 13.4. The highest BCUT2D eigenvalue weighted by molar-refractivity contribution is 7.89. The van der Waals surface area contributed by atoms with E-state index in [-0.39, 0.29) is 28.8 Å². The van der Waals surface area contributed by atoms with Gasteiger partial charge in [0.2, 0.25) is 15.9 Å². The van der Waals surface area contributed by atoms with E-state index in [9.17, 15) is 12.8 Å². The molecule has 152 valence electrons. The van der Waals surface area contributed by atoms with Crippen molar-refractivity contribution in [1.82, 2.24) is 9.71 Å². The minimum absolute atomic E-state index is 0.0594. The first-order chi connectivity index (χ1) is 13.9. The van der Waals surface area contributed by atoms with E-state index in [1.165, 1.54) is 50.7 Å². The molecule has 0 atom stereocenters. The summed E-state index contributed by atoms with van der Waals surface area (Å²) in [4.78, 5) is 4.05. The van der Waals surface area contributed by atoms with Crippen LogP contribution in [-0.2, 0) is 16.6 Å². The normalized spacial score (nSPS) is 11.1. The van der Waals surface area contributed by atoms with Crippen molar-refractivity contribution in [2.75, 3.05) is 14.2 Å². The zero-order valence-corrected chi connectivity index (χ0v) is 16.6. The fourth-order valence-corrected chi connectivity index (χ4v) is 3.73. The molecule has 0 aliphatic heterocycles. The summed E-state index contributed by atoms with van der Waals surface area (Å²) in [6.45, 7) is -0.0960. The minimum Gasteiger partial charge on any atom is -0.497 e. The van der Waals surface area contributed by atoms with Gasteiger partial charge >= 0.3 is 0 Å². The molecule has 29 heavy (non-hydrogen) atoms. The van der Waals surface area contributed by atoms with E-state index in [0.29, 0.717) is 11.3 Å². The monoisotopic (exact) mass is 418 g/mol. The third-order valence-electron chi connectivity index (χ3n) is 3.97. The molecular formula is C20H19FN2O5S. The SMILES string of the molecule is COc1ccc(OC)c(S(=O)(=O)NCc2cccnc2Oc2cccc(F)c2)c1. The third kappa shape index (κ3) is 5.01. The van der Waals surface area contributed by atoms with Gasteiger partial charge in [0.1, 0.15) is 28.0 Å². The number of hydrogen-bond donors (Lipinski definition) is 1. The quantitative estimate of drug-likeness (QED) is 0.603. The first kappa shape index (κ1) is 20.6. The van der Waals surface area contributed by atoms with Gasteiger partial charge in [0, 0.05) is 30.4 Å². The van der Waals surface area contributed by atoms with Crippen molar-refractivity contribution in [3.8, 4) is 23.1 Å². The van der Waals surface area contributed by atoms with E-state index in [4.69, 9.17) is 14.2 Å². The van der Waals surface area contributed by atoms with Crippen LogP contribution in [-0.4, -0.2) is 27.6 Å². The van der Waals surface area contributed by atoms with Gasteiger partial charge in [-0.15, -0.1) is 0 Å². The lowest BCUT2D eigenvalue weighted by Gasteiger charge is -2.13. The predicted molar refractivity (Wildman–Crippen MR) is 104 cm³/mol. The largest absolute Gasteiger partial charge is 0.497 e. The molecule has 1 N–H and O–H groups in total. The molecule has 1 heterocycles. The molecule has 2 aromatic carbocycles. The van der Waals surface area contributed by atoms with Crippen LogP contribution in [0.15, 0.2) is 65.7 Å². The van der Waals surface area contributed by atoms with E-state index < -0.39 is 15.8 Å². The van der Waals surface area contributed by atoms with Crippen molar-refractivity contribution in [3.05, 3.63) is 72.2 Å². The number of hydrogen-bond acceptors (Lipinski definition) is 6. The van der Waals surface area contributed by atoms with Gasteiger partial charge in [-0.25, -0.2) is 22.5 Å². The highest BCUT2D eigenvalue weighted by Gasteiger charge is 2.21. The zero-order valence-electron chi connectivity index (χ0n) is 15.8. The highest BCUT2D eigenvalue weighted by atomic mass is 32.2. The summed E-state index contributed by atoms with van der Waals surface area (Å²) in [7, 11) is -1.10. The van der Waals surface area contributed by atoms with Crippen molar-refractivity contribution in [2.45, 2.75) is 11.4 Å². The molecule has 0 bridgehead atoms. The number of methoxy groups -OCH3 is 2. The van der Waals surface area contributed by atoms with Gasteiger partial charge in [0.25, 0.3) is 0 Å². The van der Waals surface area contributed by atoms with E-state index >= 15 is 0 Å². The lowest BCUT2D eigenvalue weighted by molar-refractivity contribution is 0.392. The Bertz CT molecular complexity index is 1110. The Morgan fingerprint density at radius 3 is 2.55 bits per heavy atom. The van der Waals surface area contributed by atoms with E-state index in [1.807, 2.05) is 0 Å². The van der Waals surface area contributed by atoms with Crippen LogP contribution in [0, 0.1) is 5.82 Å². The number of benzene rings is 2. The van der Waals surface area contributed by atoms with Crippen molar-refractivity contribution in [3.63, 3.8) is 0 Å². The molecule has 0 radical (unpaired) electrons. The lowest BCUT2D eigenvalue weighted by atomic mass is 10.3. The van der Waals surface area contributed by atoms with Crippen LogP contribution in [0.4, 0.5) is 4.39 Å². The first-order valence-corrected chi connectivity index (χ1v) is 10.0. The van der Waals surface area contributed by atoms with Gasteiger partial charge in [-0.3, -0.25) is 0 Å². The Kier molecular flexibility index (Phi) is 6.30. The number of aromatic nitrogens is 1. The number of pyridine rings is 1. The van der Waals surface area contributed by atoms with Crippen LogP contribution in [0.1, 0.15) is 5.56 Å². The molecule has 0 fully saturated rings. The highest BCUT2D eigenvalue weighted by Crippen LogP contribution is 2.29. The fraction of sp³-hybridized carbons (Fsp3) is 0.150. The third-order valence-corrected chi connectivity index (χ3v) is 5.40. The maximum Gasteiger partial charge on any atom is 0.244 e. The predicted octanol–water partition coefficient (Wildman–Crippen LogP) is 3.51. The second-order valence-corrected chi connectivity index (χ2v) is 7.60. The van der Waals surface area contributed by atoms with E-state index in [2.05, 4.69) is 9.71 Å². The average Bonchev–Trinajstić information content (AvgIpc) is 2.72. The van der Waals surface area contributed by atoms with E-state index in [1.54, 1.807) is 24.3 Å².